The number of aliphatic imine (C=N–C) groups is 1. The van der Waals surface area contributed by atoms with Crippen LogP contribution in [0.4, 0.5) is 11.6 Å². The number of anilines is 2. The second kappa shape index (κ2) is 24.4. The summed E-state index contributed by atoms with van der Waals surface area (Å²) in [6, 6.07) is 12.9. The number of ether oxygens (including phenoxy) is 4. The van der Waals surface area contributed by atoms with Gasteiger partial charge in [-0.1, -0.05) is 49.8 Å². The Balaban J connectivity index is 0.634. The predicted molar refractivity (Wildman–Crippen MR) is 271 cm³/mol. The smallest absolute Gasteiger partial charge is 0.322 e. The molecule has 0 bridgehead atoms. The van der Waals surface area contributed by atoms with Crippen LogP contribution in [0.1, 0.15) is 108 Å². The average molecular weight is 1000 g/mol. The first kappa shape index (κ1) is 51.3. The maximum absolute atomic E-state index is 13.3. The molecule has 73 heavy (non-hydrogen) atoms. The van der Waals surface area contributed by atoms with Gasteiger partial charge in [0.15, 0.2) is 5.65 Å². The van der Waals surface area contributed by atoms with E-state index in [2.05, 4.69) is 81.2 Å². The molecular weight excluding hydrogens is 937 g/mol. The molecule has 5 atom stereocenters. The van der Waals surface area contributed by atoms with Gasteiger partial charge in [0.05, 0.1) is 69.6 Å². The highest BCUT2D eigenvalue weighted by molar-refractivity contribution is 6.25. The molecule has 2 aromatic heterocycles. The molecule has 6 N–H and O–H groups in total. The summed E-state index contributed by atoms with van der Waals surface area (Å²) < 4.78 is 25.2. The number of imide groups is 2. The van der Waals surface area contributed by atoms with Gasteiger partial charge in [0.25, 0.3) is 11.8 Å². The Morgan fingerprint density at radius 3 is 2.48 bits per heavy atom. The molecule has 4 unspecified atom stereocenters. The summed E-state index contributed by atoms with van der Waals surface area (Å²) in [4.78, 5) is 78.5. The normalized spacial score (nSPS) is 21.8. The van der Waals surface area contributed by atoms with Gasteiger partial charge in [-0.3, -0.25) is 39.2 Å². The summed E-state index contributed by atoms with van der Waals surface area (Å²) in [5.41, 5.74) is 6.11. The second-order valence-electron chi connectivity index (χ2n) is 19.2. The number of nitrogens with one attached hydrogen (secondary N) is 6. The minimum Gasteiger partial charge on any atom is -0.459 e. The number of aromatic nitrogens is 4. The van der Waals surface area contributed by atoms with E-state index in [-0.39, 0.29) is 67.6 Å². The van der Waals surface area contributed by atoms with Gasteiger partial charge in [-0.15, -0.1) is 0 Å². The monoisotopic (exact) mass is 1000 g/mol. The van der Waals surface area contributed by atoms with Gasteiger partial charge in [0.1, 0.15) is 12.1 Å². The molecule has 4 aliphatic heterocycles. The molecular formula is C52H66N12O9. The third-order valence-corrected chi connectivity index (χ3v) is 13.9. The molecule has 0 radical (unpaired) electrons. The van der Waals surface area contributed by atoms with Gasteiger partial charge >= 0.3 is 6.01 Å². The molecule has 6 heterocycles. The van der Waals surface area contributed by atoms with Crippen LogP contribution < -0.4 is 36.6 Å². The van der Waals surface area contributed by atoms with Crippen molar-refractivity contribution in [3.05, 3.63) is 88.1 Å². The highest BCUT2D eigenvalue weighted by Gasteiger charge is 2.45. The number of rotatable bonds is 24. The molecule has 4 aromatic rings. The summed E-state index contributed by atoms with van der Waals surface area (Å²) in [5.74, 6) is -1.57. The van der Waals surface area contributed by atoms with E-state index in [9.17, 15) is 24.0 Å². The van der Waals surface area contributed by atoms with Crippen molar-refractivity contribution in [2.75, 3.05) is 83.0 Å². The fourth-order valence-electron chi connectivity index (χ4n) is 10.2. The number of benzene rings is 2. The summed E-state index contributed by atoms with van der Waals surface area (Å²) >= 11 is 0. The second-order valence-corrected chi connectivity index (χ2v) is 19.2. The fraction of sp³-hybridized carbons (Fsp3) is 0.519. The molecule has 1 aliphatic carbocycles. The molecule has 5 aliphatic rings. The molecule has 0 spiro atoms. The highest BCUT2D eigenvalue weighted by atomic mass is 16.5. The van der Waals surface area contributed by atoms with Crippen LogP contribution in [0.2, 0.25) is 0 Å². The molecule has 9 rings (SSSR count). The quantitative estimate of drug-likeness (QED) is 0.0434. The molecule has 1 saturated carbocycles. The highest BCUT2D eigenvalue weighted by Crippen LogP contribution is 2.43. The van der Waals surface area contributed by atoms with Gasteiger partial charge in [-0.25, -0.2) is 0 Å². The SMILES string of the molecule is CC(C)c1cnn2c(NCc3ccccc3C3N=CC=C4CC(NCCOCCOCCOCCNC(=O)CNc5cccc6c5C(=O)N(C5CCC(=O)NC5=O)C6=O)CCC43)nc(O[C@@H]3CCCNC3)nc12. The lowest BCUT2D eigenvalue weighted by Gasteiger charge is -2.37. The number of dihydropyridines is 1. The van der Waals surface area contributed by atoms with Crippen LogP contribution in [-0.2, 0) is 35.1 Å². The van der Waals surface area contributed by atoms with Crippen LogP contribution in [0, 0.1) is 5.92 Å². The Morgan fingerprint density at radius 1 is 0.877 bits per heavy atom. The van der Waals surface area contributed by atoms with Crippen molar-refractivity contribution in [2.45, 2.75) is 95.5 Å². The largest absolute Gasteiger partial charge is 0.459 e. The van der Waals surface area contributed by atoms with Crippen molar-refractivity contribution in [1.82, 2.24) is 45.7 Å². The van der Waals surface area contributed by atoms with Crippen LogP contribution in [-0.4, -0.2) is 151 Å². The maximum atomic E-state index is 13.3. The molecule has 3 fully saturated rings. The van der Waals surface area contributed by atoms with Crippen LogP contribution >= 0.6 is 0 Å². The van der Waals surface area contributed by atoms with Crippen molar-refractivity contribution in [2.24, 2.45) is 10.9 Å². The number of carbonyl (C=O) groups excluding carboxylic acids is 5. The van der Waals surface area contributed by atoms with Crippen molar-refractivity contribution in [3.63, 3.8) is 0 Å². The van der Waals surface area contributed by atoms with Gasteiger partial charge < -0.3 is 45.5 Å². The molecule has 5 amide bonds. The van der Waals surface area contributed by atoms with E-state index in [0.717, 1.165) is 73.4 Å². The van der Waals surface area contributed by atoms with E-state index < -0.39 is 29.7 Å². The first-order valence-electron chi connectivity index (χ1n) is 25.6. The number of fused-ring (bicyclic) bond motifs is 3. The Morgan fingerprint density at radius 2 is 1.68 bits per heavy atom. The standard InChI is InChI=1S/C52H66N12O9/c1-32(2)40-30-59-64-47(40)61-52(73-36-8-6-17-53-29-36)62-51(64)58-28-34-7-3-4-9-37(34)46-38-13-12-35(27-33(38)16-18-56-46)54-19-21-70-23-25-72-26-24-71-22-20-55-44(66)31-57-41-11-5-10-39-45(41)50(69)63(49(39)68)42-14-15-43(65)60-48(42)67/h3-5,7,9-11,16,18,30,32,35-36,38,42,46,53-54,57H,6,8,12-15,17,19-29,31H2,1-2H3,(H,55,66)(H,58,61,62)(H,60,65,67)/t35?,36-,38?,42?,46?/m1/s1. The molecule has 21 nitrogen and oxygen atoms in total. The number of amides is 5. The minimum absolute atomic E-state index is 0.0244. The number of hydrogen-bond donors (Lipinski definition) is 6. The van der Waals surface area contributed by atoms with E-state index in [1.807, 2.05) is 12.4 Å². The van der Waals surface area contributed by atoms with E-state index in [1.54, 1.807) is 16.6 Å². The number of allylic oxidation sites excluding steroid dienone is 1. The van der Waals surface area contributed by atoms with E-state index in [0.29, 0.717) is 69.2 Å². The lowest BCUT2D eigenvalue weighted by Crippen LogP contribution is -2.54. The lowest BCUT2D eigenvalue weighted by atomic mass is 9.74. The van der Waals surface area contributed by atoms with Crippen LogP contribution in [0.25, 0.3) is 5.65 Å². The van der Waals surface area contributed by atoms with Gasteiger partial charge in [0.2, 0.25) is 23.7 Å². The summed E-state index contributed by atoms with van der Waals surface area (Å²) in [5, 5.41) is 23.2. The van der Waals surface area contributed by atoms with E-state index in [1.165, 1.54) is 17.2 Å². The summed E-state index contributed by atoms with van der Waals surface area (Å²) in [6.07, 6.45) is 11.2. The van der Waals surface area contributed by atoms with Crippen LogP contribution in [0.15, 0.2) is 65.3 Å². The molecule has 388 valence electrons. The van der Waals surface area contributed by atoms with Crippen LogP contribution in [0.5, 0.6) is 6.01 Å². The average Bonchev–Trinajstić information content (AvgIpc) is 3.94. The van der Waals surface area contributed by atoms with Crippen molar-refractivity contribution < 1.29 is 42.9 Å². The lowest BCUT2D eigenvalue weighted by molar-refractivity contribution is -0.136. The third kappa shape index (κ3) is 12.4. The minimum atomic E-state index is -1.07. The van der Waals surface area contributed by atoms with Crippen molar-refractivity contribution >= 4 is 53.0 Å². The molecule has 21 heteroatoms. The van der Waals surface area contributed by atoms with E-state index >= 15 is 0 Å². The third-order valence-electron chi connectivity index (χ3n) is 13.9. The van der Waals surface area contributed by atoms with Gasteiger partial charge in [0, 0.05) is 62.0 Å². The summed E-state index contributed by atoms with van der Waals surface area (Å²) in [6.45, 7) is 9.93. The zero-order valence-electron chi connectivity index (χ0n) is 41.5. The number of hydrogen-bond acceptors (Lipinski definition) is 17. The van der Waals surface area contributed by atoms with E-state index in [4.69, 9.17) is 33.9 Å². The van der Waals surface area contributed by atoms with Gasteiger partial charge in [-0.05, 0) is 80.3 Å². The zero-order valence-corrected chi connectivity index (χ0v) is 41.5. The number of nitrogens with zero attached hydrogens (tertiary/aromatic N) is 6. The Hall–Kier alpha value is -6.65. The van der Waals surface area contributed by atoms with Crippen LogP contribution in [0.3, 0.4) is 0 Å². The summed E-state index contributed by atoms with van der Waals surface area (Å²) in [7, 11) is 0. The Bertz CT molecular complexity index is 2700. The Labute approximate surface area is 424 Å². The molecule has 2 aromatic carbocycles. The fourth-order valence-corrected chi connectivity index (χ4v) is 10.2. The van der Waals surface area contributed by atoms with Crippen molar-refractivity contribution in [3.8, 4) is 6.01 Å². The maximum Gasteiger partial charge on any atom is 0.322 e. The number of piperidine rings is 2. The number of carbonyl (C=O) groups is 5. The van der Waals surface area contributed by atoms with Crippen molar-refractivity contribution in [1.29, 1.82) is 0 Å². The Kier molecular flexibility index (Phi) is 17.1. The zero-order chi connectivity index (χ0) is 50.7. The van der Waals surface area contributed by atoms with Gasteiger partial charge in [-0.2, -0.15) is 19.6 Å². The topological polar surface area (TPSA) is 253 Å². The first-order chi connectivity index (χ1) is 35.6. The molecule has 2 saturated heterocycles. The first-order valence-corrected chi connectivity index (χ1v) is 25.6. The predicted octanol–water partition coefficient (Wildman–Crippen LogP) is 3.48.